The fourth-order valence-corrected chi connectivity index (χ4v) is 4.61. The molecule has 3 aromatic rings. The molecular formula is C24H23FN2O5. The molecule has 0 bridgehead atoms. The fraction of sp³-hybridized carbons (Fsp3) is 0.333. The van der Waals surface area contributed by atoms with Crippen LogP contribution in [-0.2, 0) is 4.74 Å². The first-order chi connectivity index (χ1) is 15.5. The van der Waals surface area contributed by atoms with Crippen LogP contribution in [0.4, 0.5) is 16.0 Å². The maximum Gasteiger partial charge on any atom is 0.335 e. The molecule has 0 saturated carbocycles. The topological polar surface area (TPSA) is 83.2 Å². The molecule has 0 amide bonds. The highest BCUT2D eigenvalue weighted by Gasteiger charge is 2.30. The minimum absolute atomic E-state index is 0.0462. The molecule has 0 spiro atoms. The average molecular weight is 438 g/mol. The van der Waals surface area contributed by atoms with Gasteiger partial charge in [-0.15, -0.1) is 0 Å². The molecule has 32 heavy (non-hydrogen) atoms. The van der Waals surface area contributed by atoms with E-state index in [-0.39, 0.29) is 28.2 Å². The second kappa shape index (κ2) is 8.27. The van der Waals surface area contributed by atoms with Crippen molar-refractivity contribution in [3.8, 4) is 0 Å². The van der Waals surface area contributed by atoms with Gasteiger partial charge in [-0.3, -0.25) is 4.79 Å². The van der Waals surface area contributed by atoms with Crippen molar-refractivity contribution in [2.24, 2.45) is 0 Å². The largest absolute Gasteiger partial charge is 0.478 e. The molecule has 1 aromatic heterocycles. The maximum absolute atomic E-state index is 13.5. The third-order valence-electron chi connectivity index (χ3n) is 6.18. The highest BCUT2D eigenvalue weighted by molar-refractivity contribution is 5.94. The first kappa shape index (κ1) is 20.5. The lowest BCUT2D eigenvalue weighted by Gasteiger charge is -2.29. The zero-order chi connectivity index (χ0) is 22.2. The zero-order valence-corrected chi connectivity index (χ0v) is 17.4. The van der Waals surface area contributed by atoms with Gasteiger partial charge in [-0.1, -0.05) is 0 Å². The molecule has 0 radical (unpaired) electrons. The molecule has 2 aliphatic heterocycles. The average Bonchev–Trinajstić information content (AvgIpc) is 3.29. The molecule has 1 atom stereocenters. The lowest BCUT2D eigenvalue weighted by atomic mass is 9.98. The summed E-state index contributed by atoms with van der Waals surface area (Å²) in [5.74, 6) is -0.957. The maximum atomic E-state index is 13.5. The van der Waals surface area contributed by atoms with E-state index in [1.165, 1.54) is 24.3 Å². The molecule has 7 nitrogen and oxygen atoms in total. The molecule has 2 aliphatic rings. The van der Waals surface area contributed by atoms with Gasteiger partial charge in [0.25, 0.3) is 0 Å². The Bertz CT molecular complexity index is 1220. The van der Waals surface area contributed by atoms with Crippen LogP contribution in [0, 0.1) is 5.82 Å². The summed E-state index contributed by atoms with van der Waals surface area (Å²) in [6.07, 6.45) is 1.65. The van der Waals surface area contributed by atoms with Crippen molar-refractivity contribution in [2.45, 2.75) is 18.9 Å². The third kappa shape index (κ3) is 3.71. The lowest BCUT2D eigenvalue weighted by Crippen LogP contribution is -2.36. The van der Waals surface area contributed by atoms with Crippen LogP contribution < -0.4 is 15.2 Å². The smallest absolute Gasteiger partial charge is 0.335 e. The van der Waals surface area contributed by atoms with Crippen molar-refractivity contribution in [1.29, 1.82) is 0 Å². The summed E-state index contributed by atoms with van der Waals surface area (Å²) in [5, 5.41) is 9.92. The number of aromatic carboxylic acids is 1. The number of carboxylic acids is 1. The Morgan fingerprint density at radius 3 is 2.53 bits per heavy atom. The zero-order valence-electron chi connectivity index (χ0n) is 17.4. The SMILES string of the molecule is O=C(O)c1cc(C2CCCN2c2ccc(F)cc2)c2oc(N3CCOCC3)cc(=O)c2c1. The standard InChI is InChI=1S/C24H23FN2O5/c25-16-3-5-17(6-4-16)27-7-1-2-20(27)18-12-15(24(29)30)13-19-21(28)14-22(32-23(18)19)26-8-10-31-11-9-26/h3-6,12-14,20H,1-2,7-11H2,(H,29,30). The Morgan fingerprint density at radius 1 is 1.06 bits per heavy atom. The summed E-state index contributed by atoms with van der Waals surface area (Å²) < 4.78 is 25.1. The van der Waals surface area contributed by atoms with Crippen molar-refractivity contribution in [3.63, 3.8) is 0 Å². The summed E-state index contributed by atoms with van der Waals surface area (Å²) >= 11 is 0. The van der Waals surface area contributed by atoms with Crippen LogP contribution in [-0.4, -0.2) is 43.9 Å². The van der Waals surface area contributed by atoms with Gasteiger partial charge in [0.1, 0.15) is 11.4 Å². The summed E-state index contributed by atoms with van der Waals surface area (Å²) in [4.78, 5) is 28.9. The van der Waals surface area contributed by atoms with E-state index in [1.807, 2.05) is 4.90 Å². The molecule has 1 unspecified atom stereocenters. The number of halogens is 1. The number of rotatable bonds is 4. The number of carboxylic acid groups (broad SMARTS) is 1. The minimum atomic E-state index is -1.10. The molecular weight excluding hydrogens is 415 g/mol. The monoisotopic (exact) mass is 438 g/mol. The van der Waals surface area contributed by atoms with Gasteiger partial charge in [-0.2, -0.15) is 0 Å². The van der Waals surface area contributed by atoms with Crippen molar-refractivity contribution < 1.29 is 23.4 Å². The van der Waals surface area contributed by atoms with Crippen LogP contribution in [0.5, 0.6) is 0 Å². The molecule has 8 heteroatoms. The van der Waals surface area contributed by atoms with Crippen LogP contribution in [0.25, 0.3) is 11.0 Å². The van der Waals surface area contributed by atoms with E-state index in [2.05, 4.69) is 4.90 Å². The van der Waals surface area contributed by atoms with E-state index in [0.29, 0.717) is 43.3 Å². The van der Waals surface area contributed by atoms with E-state index in [1.54, 1.807) is 18.2 Å². The molecule has 0 aliphatic carbocycles. The third-order valence-corrected chi connectivity index (χ3v) is 6.18. The van der Waals surface area contributed by atoms with Crippen LogP contribution in [0.2, 0.25) is 0 Å². The van der Waals surface area contributed by atoms with Gasteiger partial charge in [0.2, 0.25) is 0 Å². The number of nitrogens with zero attached hydrogens (tertiary/aromatic N) is 2. The quantitative estimate of drug-likeness (QED) is 0.663. The van der Waals surface area contributed by atoms with Crippen LogP contribution in [0.1, 0.15) is 34.8 Å². The van der Waals surface area contributed by atoms with Gasteiger partial charge in [-0.25, -0.2) is 9.18 Å². The van der Waals surface area contributed by atoms with Crippen molar-refractivity contribution >= 4 is 28.5 Å². The van der Waals surface area contributed by atoms with E-state index in [9.17, 15) is 19.1 Å². The Kier molecular flexibility index (Phi) is 5.30. The molecule has 3 heterocycles. The summed E-state index contributed by atoms with van der Waals surface area (Å²) in [6.45, 7) is 3.06. The van der Waals surface area contributed by atoms with Gasteiger partial charge in [-0.05, 0) is 49.2 Å². The van der Waals surface area contributed by atoms with Gasteiger partial charge < -0.3 is 24.1 Å². The van der Waals surface area contributed by atoms with Gasteiger partial charge in [0, 0.05) is 37.0 Å². The van der Waals surface area contributed by atoms with Crippen molar-refractivity contribution in [1.82, 2.24) is 0 Å². The number of benzene rings is 2. The molecule has 2 aromatic carbocycles. The highest BCUT2D eigenvalue weighted by atomic mass is 19.1. The van der Waals surface area contributed by atoms with Gasteiger partial charge in [0.15, 0.2) is 11.3 Å². The number of carbonyl (C=O) groups is 1. The molecule has 2 saturated heterocycles. The Hall–Kier alpha value is -3.39. The first-order valence-corrected chi connectivity index (χ1v) is 10.7. The van der Waals surface area contributed by atoms with E-state index in [0.717, 1.165) is 25.1 Å². The number of hydrogen-bond acceptors (Lipinski definition) is 6. The molecule has 1 N–H and O–H groups in total. The fourth-order valence-electron chi connectivity index (χ4n) is 4.61. The number of hydrogen-bond donors (Lipinski definition) is 1. The Balaban J connectivity index is 1.67. The number of fused-ring (bicyclic) bond motifs is 1. The van der Waals surface area contributed by atoms with Crippen molar-refractivity contribution in [2.75, 3.05) is 42.6 Å². The van der Waals surface area contributed by atoms with E-state index in [4.69, 9.17) is 9.15 Å². The van der Waals surface area contributed by atoms with Gasteiger partial charge in [0.05, 0.1) is 30.2 Å². The van der Waals surface area contributed by atoms with Crippen LogP contribution in [0.3, 0.4) is 0 Å². The molecule has 5 rings (SSSR count). The number of ether oxygens (including phenoxy) is 1. The second-order valence-electron chi connectivity index (χ2n) is 8.12. The van der Waals surface area contributed by atoms with Crippen molar-refractivity contribution in [3.05, 3.63) is 69.6 Å². The van der Waals surface area contributed by atoms with Gasteiger partial charge >= 0.3 is 5.97 Å². The Morgan fingerprint density at radius 2 is 1.81 bits per heavy atom. The normalized spacial score (nSPS) is 19.0. The molecule has 166 valence electrons. The lowest BCUT2D eigenvalue weighted by molar-refractivity contribution is 0.0697. The van der Waals surface area contributed by atoms with Crippen LogP contribution in [0.15, 0.2) is 51.7 Å². The highest BCUT2D eigenvalue weighted by Crippen LogP contribution is 2.40. The summed E-state index contributed by atoms with van der Waals surface area (Å²) in [7, 11) is 0. The summed E-state index contributed by atoms with van der Waals surface area (Å²) in [6, 6.07) is 10.5. The predicted molar refractivity (Wildman–Crippen MR) is 118 cm³/mol. The summed E-state index contributed by atoms with van der Waals surface area (Å²) in [5.41, 5.74) is 1.68. The number of morpholine rings is 1. The number of anilines is 2. The molecule has 2 fully saturated rings. The Labute approximate surface area is 183 Å². The second-order valence-corrected chi connectivity index (χ2v) is 8.12. The van der Waals surface area contributed by atoms with Crippen LogP contribution >= 0.6 is 0 Å². The first-order valence-electron chi connectivity index (χ1n) is 10.7. The predicted octanol–water partition coefficient (Wildman–Crippen LogP) is 3.81. The minimum Gasteiger partial charge on any atom is -0.478 e. The van der Waals surface area contributed by atoms with E-state index < -0.39 is 5.97 Å². The van der Waals surface area contributed by atoms with E-state index >= 15 is 0 Å².